The maximum atomic E-state index is 2.35. The molecule has 2 aliphatic heterocycles. The Morgan fingerprint density at radius 2 is 0.594 bits per heavy atom. The fourth-order valence-electron chi connectivity index (χ4n) is 4.13. The number of hydrogen-bond acceptors (Lipinski definition) is 4. The Kier molecular flexibility index (Phi) is 7.96. The molecule has 0 radical (unpaired) electrons. The lowest BCUT2D eigenvalue weighted by atomic mass is 10.1. The highest BCUT2D eigenvalue weighted by molar-refractivity contribution is 8.00. The monoisotopic (exact) mass is 492 g/mol. The van der Waals surface area contributed by atoms with Crippen molar-refractivity contribution in [3.63, 3.8) is 0 Å². The van der Waals surface area contributed by atoms with E-state index in [2.05, 4.69) is 72.8 Å². The van der Waals surface area contributed by atoms with Gasteiger partial charge >= 0.3 is 0 Å². The fraction of sp³-hybridized carbons (Fsp3) is 0.286. The molecular weight excluding hydrogens is 465 g/mol. The van der Waals surface area contributed by atoms with E-state index in [1.165, 1.54) is 89.8 Å². The van der Waals surface area contributed by atoms with E-state index in [-0.39, 0.29) is 0 Å². The Morgan fingerprint density at radius 1 is 0.344 bits per heavy atom. The molecule has 0 aliphatic carbocycles. The van der Waals surface area contributed by atoms with E-state index in [1.807, 2.05) is 47.0 Å². The van der Waals surface area contributed by atoms with Crippen LogP contribution in [0.1, 0.15) is 25.7 Å². The molecule has 4 aromatic carbocycles. The molecule has 0 aromatic heterocycles. The van der Waals surface area contributed by atoms with E-state index in [0.29, 0.717) is 0 Å². The van der Waals surface area contributed by atoms with E-state index in [1.54, 1.807) is 0 Å². The molecule has 0 atom stereocenters. The maximum absolute atomic E-state index is 2.35. The maximum Gasteiger partial charge on any atom is 0.0151 e. The van der Waals surface area contributed by atoms with Crippen LogP contribution in [0.4, 0.5) is 0 Å². The second-order valence-electron chi connectivity index (χ2n) is 8.02. The second-order valence-corrected chi connectivity index (χ2v) is 12.6. The third-order valence-electron chi connectivity index (χ3n) is 5.80. The van der Waals surface area contributed by atoms with Gasteiger partial charge in [-0.25, -0.2) is 0 Å². The molecule has 0 nitrogen and oxygen atoms in total. The number of benzene rings is 4. The van der Waals surface area contributed by atoms with Crippen LogP contribution in [-0.2, 0) is 0 Å². The molecule has 6 rings (SSSR count). The molecule has 2 heterocycles. The zero-order valence-electron chi connectivity index (χ0n) is 18.2. The molecule has 0 fully saturated rings. The minimum absolute atomic E-state index is 1.19. The summed E-state index contributed by atoms with van der Waals surface area (Å²) >= 11 is 8.10. The van der Waals surface area contributed by atoms with Gasteiger partial charge in [0, 0.05) is 19.6 Å². The van der Waals surface area contributed by atoms with Crippen LogP contribution in [0.3, 0.4) is 0 Å². The normalized spacial score (nSPS) is 16.5. The van der Waals surface area contributed by atoms with Gasteiger partial charge in [0.1, 0.15) is 0 Å². The Morgan fingerprint density at radius 3 is 0.844 bits per heavy atom. The smallest absolute Gasteiger partial charge is 0.0151 e. The van der Waals surface area contributed by atoms with Crippen molar-refractivity contribution in [3.05, 3.63) is 72.8 Å². The topological polar surface area (TPSA) is 0 Å². The Balaban J connectivity index is 1.36. The van der Waals surface area contributed by atoms with E-state index in [4.69, 9.17) is 0 Å². The van der Waals surface area contributed by atoms with Gasteiger partial charge in [-0.05, 0) is 94.5 Å². The molecule has 0 spiro atoms. The summed E-state index contributed by atoms with van der Waals surface area (Å²) in [5, 5.41) is 5.70. The predicted molar refractivity (Wildman–Crippen MR) is 149 cm³/mol. The lowest BCUT2D eigenvalue weighted by Gasteiger charge is -2.13. The largest absolute Gasteiger partial charge is 0.126 e. The van der Waals surface area contributed by atoms with Gasteiger partial charge in [0.25, 0.3) is 0 Å². The van der Waals surface area contributed by atoms with Crippen LogP contribution < -0.4 is 0 Å². The van der Waals surface area contributed by atoms with Crippen LogP contribution in [0.2, 0.25) is 0 Å². The van der Waals surface area contributed by atoms with Crippen LogP contribution >= 0.6 is 47.0 Å². The summed E-state index contributed by atoms with van der Waals surface area (Å²) < 4.78 is 0. The molecule has 0 N–H and O–H groups in total. The van der Waals surface area contributed by atoms with Crippen LogP contribution in [0.5, 0.6) is 0 Å². The molecule has 4 heteroatoms. The molecule has 2 aliphatic rings. The van der Waals surface area contributed by atoms with Crippen LogP contribution in [-0.4, -0.2) is 23.0 Å². The first kappa shape index (κ1) is 22.6. The fourth-order valence-corrected chi connectivity index (χ4v) is 8.39. The molecule has 4 bridgehead atoms. The zero-order chi connectivity index (χ0) is 21.6. The predicted octanol–water partition coefficient (Wildman–Crippen LogP) is 9.64. The average molecular weight is 493 g/mol. The highest BCUT2D eigenvalue weighted by Crippen LogP contribution is 2.37. The Bertz CT molecular complexity index is 1010. The second kappa shape index (κ2) is 11.3. The summed E-state index contributed by atoms with van der Waals surface area (Å²) in [6.45, 7) is 0. The average Bonchev–Trinajstić information content (AvgIpc) is 2.84. The number of hydrogen-bond donors (Lipinski definition) is 0. The molecular formula is C28H28S4. The van der Waals surface area contributed by atoms with Crippen molar-refractivity contribution >= 4 is 68.6 Å². The van der Waals surface area contributed by atoms with Gasteiger partial charge in [0.2, 0.25) is 0 Å². The first-order valence-corrected chi connectivity index (χ1v) is 15.4. The molecule has 4 aromatic rings. The minimum Gasteiger partial charge on any atom is -0.126 e. The van der Waals surface area contributed by atoms with Gasteiger partial charge in [-0.3, -0.25) is 0 Å². The molecule has 0 saturated heterocycles. The van der Waals surface area contributed by atoms with Crippen LogP contribution in [0, 0.1) is 0 Å². The van der Waals surface area contributed by atoms with Crippen molar-refractivity contribution in [2.75, 3.05) is 23.0 Å². The summed E-state index contributed by atoms with van der Waals surface area (Å²) in [6, 6.07) is 27.3. The van der Waals surface area contributed by atoms with Crippen molar-refractivity contribution in [2.24, 2.45) is 0 Å². The first-order valence-electron chi connectivity index (χ1n) is 11.4. The van der Waals surface area contributed by atoms with Gasteiger partial charge in [0.15, 0.2) is 0 Å². The standard InChI is InChI=1S/C28H28S4/c1-2-10-22-21(9-1)25-13-14-26(22)30-18-7-8-20-32-28-16-15-27(31-19-6-5-17-29-25)23-11-3-4-12-24(23)28/h1-4,9-16H,5-8,17-20H2. The van der Waals surface area contributed by atoms with E-state index >= 15 is 0 Å². The quantitative estimate of drug-likeness (QED) is 0.239. The summed E-state index contributed by atoms with van der Waals surface area (Å²) in [4.78, 5) is 5.74. The third-order valence-corrected chi connectivity index (χ3v) is 10.4. The molecule has 164 valence electrons. The molecule has 32 heavy (non-hydrogen) atoms. The zero-order valence-corrected chi connectivity index (χ0v) is 21.5. The third kappa shape index (κ3) is 5.30. The number of rotatable bonds is 0. The molecule has 0 unspecified atom stereocenters. The Labute approximate surface area is 208 Å². The van der Waals surface area contributed by atoms with Gasteiger partial charge in [-0.1, -0.05) is 48.5 Å². The summed E-state index contributed by atoms with van der Waals surface area (Å²) in [5.41, 5.74) is 0. The van der Waals surface area contributed by atoms with Gasteiger partial charge in [-0.2, -0.15) is 0 Å². The van der Waals surface area contributed by atoms with Crippen LogP contribution in [0.15, 0.2) is 92.4 Å². The number of thioether (sulfide) groups is 4. The first-order chi connectivity index (χ1) is 15.9. The molecule has 0 saturated carbocycles. The van der Waals surface area contributed by atoms with Crippen molar-refractivity contribution in [2.45, 2.75) is 45.3 Å². The van der Waals surface area contributed by atoms with Gasteiger partial charge in [0.05, 0.1) is 0 Å². The van der Waals surface area contributed by atoms with E-state index < -0.39 is 0 Å². The summed E-state index contributed by atoms with van der Waals surface area (Å²) in [5.74, 6) is 4.75. The number of fused-ring (bicyclic) bond motifs is 12. The Hall–Kier alpha value is -1.20. The van der Waals surface area contributed by atoms with Crippen molar-refractivity contribution in [1.29, 1.82) is 0 Å². The lowest BCUT2D eigenvalue weighted by molar-refractivity contribution is 0.906. The summed E-state index contributed by atoms with van der Waals surface area (Å²) in [7, 11) is 0. The highest BCUT2D eigenvalue weighted by Gasteiger charge is 2.09. The lowest BCUT2D eigenvalue weighted by Crippen LogP contribution is -1.90. The van der Waals surface area contributed by atoms with Gasteiger partial charge in [-0.15, -0.1) is 47.0 Å². The minimum atomic E-state index is 1.19. The van der Waals surface area contributed by atoms with Gasteiger partial charge < -0.3 is 0 Å². The van der Waals surface area contributed by atoms with Crippen molar-refractivity contribution in [1.82, 2.24) is 0 Å². The van der Waals surface area contributed by atoms with Crippen LogP contribution in [0.25, 0.3) is 21.5 Å². The van der Waals surface area contributed by atoms with Crippen molar-refractivity contribution < 1.29 is 0 Å². The molecule has 0 amide bonds. The highest BCUT2D eigenvalue weighted by atomic mass is 32.2. The van der Waals surface area contributed by atoms with E-state index in [9.17, 15) is 0 Å². The SMILES string of the molecule is c1ccc2c3ccc(c2c1)SCCCCSc1ccc(c2ccccc12)SCCCCS3. The van der Waals surface area contributed by atoms with Crippen molar-refractivity contribution in [3.8, 4) is 0 Å². The van der Waals surface area contributed by atoms with E-state index in [0.717, 1.165) is 0 Å². The summed E-state index contributed by atoms with van der Waals surface area (Å²) in [6.07, 6.45) is 5.03.